The molecule has 2 N–H and O–H groups in total. The van der Waals surface area contributed by atoms with Crippen molar-refractivity contribution in [3.63, 3.8) is 0 Å². The molecule has 0 bridgehead atoms. The van der Waals surface area contributed by atoms with Crippen molar-refractivity contribution < 1.29 is 45.7 Å². The molecule has 25 heavy (non-hydrogen) atoms. The molecule has 1 aromatic carbocycles. The van der Waals surface area contributed by atoms with E-state index in [2.05, 4.69) is 12.2 Å². The van der Waals surface area contributed by atoms with Crippen LogP contribution in [0.15, 0.2) is 24.3 Å². The van der Waals surface area contributed by atoms with Gasteiger partial charge in [-0.1, -0.05) is 70.4 Å². The van der Waals surface area contributed by atoms with E-state index in [1.165, 1.54) is 44.9 Å². The standard InChI is InChI=1S/C20H31NO3.Na.H/c1-2-3-4-5-6-7-8-9-10-15-19(22)17-13-11-12-14-18(17)21-16-20(23)24;;/h11-14,21H,2-10,15-16H2,1H3,(H,23,24);;/q;+1;-1. The second-order valence-electron chi connectivity index (χ2n) is 6.29. The molecule has 0 spiro atoms. The maximum atomic E-state index is 12.3. The smallest absolute Gasteiger partial charge is 1.00 e. The molecule has 0 saturated carbocycles. The molecular formula is C20H32NNaO3. The summed E-state index contributed by atoms with van der Waals surface area (Å²) in [6.07, 6.45) is 11.6. The third-order valence-corrected chi connectivity index (χ3v) is 4.16. The maximum Gasteiger partial charge on any atom is 1.00 e. The Balaban J connectivity index is 0. The summed E-state index contributed by atoms with van der Waals surface area (Å²) in [5.74, 6) is -0.845. The van der Waals surface area contributed by atoms with Gasteiger partial charge in [0.15, 0.2) is 5.78 Å². The second kappa shape index (κ2) is 15.4. The van der Waals surface area contributed by atoms with Gasteiger partial charge in [-0.15, -0.1) is 0 Å². The van der Waals surface area contributed by atoms with Crippen LogP contribution >= 0.6 is 0 Å². The predicted molar refractivity (Wildman–Crippen MR) is 99.9 cm³/mol. The van der Waals surface area contributed by atoms with Crippen LogP contribution in [0.2, 0.25) is 0 Å². The Kier molecular flexibility index (Phi) is 14.9. The minimum Gasteiger partial charge on any atom is -1.00 e. The van der Waals surface area contributed by atoms with Gasteiger partial charge < -0.3 is 11.8 Å². The van der Waals surface area contributed by atoms with Crippen LogP contribution in [0.4, 0.5) is 5.69 Å². The molecule has 0 aliphatic rings. The zero-order chi connectivity index (χ0) is 17.6. The Morgan fingerprint density at radius 3 is 2.12 bits per heavy atom. The van der Waals surface area contributed by atoms with E-state index in [0.717, 1.165) is 12.8 Å². The van der Waals surface area contributed by atoms with Gasteiger partial charge in [-0.2, -0.15) is 0 Å². The Labute approximate surface area is 175 Å². The van der Waals surface area contributed by atoms with Gasteiger partial charge in [0.25, 0.3) is 0 Å². The number of nitrogens with one attached hydrogen (secondary N) is 1. The molecule has 0 aliphatic carbocycles. The number of rotatable bonds is 14. The van der Waals surface area contributed by atoms with Gasteiger partial charge in [-0.05, 0) is 18.6 Å². The summed E-state index contributed by atoms with van der Waals surface area (Å²) >= 11 is 0. The van der Waals surface area contributed by atoms with Crippen molar-refractivity contribution in [3.8, 4) is 0 Å². The van der Waals surface area contributed by atoms with Crippen LogP contribution in [0.5, 0.6) is 0 Å². The first kappa shape index (κ1) is 24.2. The third-order valence-electron chi connectivity index (χ3n) is 4.16. The van der Waals surface area contributed by atoms with Gasteiger partial charge in [0.2, 0.25) is 0 Å². The number of anilines is 1. The molecule has 0 amide bonds. The second-order valence-corrected chi connectivity index (χ2v) is 6.29. The van der Waals surface area contributed by atoms with E-state index in [4.69, 9.17) is 5.11 Å². The zero-order valence-electron chi connectivity index (χ0n) is 16.9. The van der Waals surface area contributed by atoms with Gasteiger partial charge in [-0.3, -0.25) is 9.59 Å². The molecule has 5 heteroatoms. The number of hydrogen-bond acceptors (Lipinski definition) is 3. The summed E-state index contributed by atoms with van der Waals surface area (Å²) < 4.78 is 0. The van der Waals surface area contributed by atoms with Crippen molar-refractivity contribution in [3.05, 3.63) is 29.8 Å². The summed E-state index contributed by atoms with van der Waals surface area (Å²) in [5, 5.41) is 11.6. The number of carbonyl (C=O) groups excluding carboxylic acids is 1. The number of carboxylic acids is 1. The van der Waals surface area contributed by atoms with Crippen LogP contribution in [0, 0.1) is 0 Å². The predicted octanol–water partition coefficient (Wildman–Crippen LogP) is 2.40. The molecule has 0 atom stereocenters. The molecule has 1 aromatic rings. The van der Waals surface area contributed by atoms with E-state index in [1.807, 2.05) is 6.07 Å². The van der Waals surface area contributed by atoms with Crippen LogP contribution in [0.3, 0.4) is 0 Å². The van der Waals surface area contributed by atoms with Gasteiger partial charge in [0, 0.05) is 17.7 Å². The molecule has 0 aliphatic heterocycles. The fourth-order valence-electron chi connectivity index (χ4n) is 2.78. The maximum absolute atomic E-state index is 12.3. The Morgan fingerprint density at radius 1 is 0.960 bits per heavy atom. The van der Waals surface area contributed by atoms with E-state index < -0.39 is 5.97 Å². The molecular weight excluding hydrogens is 325 g/mol. The number of carboxylic acid groups (broad SMARTS) is 1. The van der Waals surface area contributed by atoms with Crippen molar-refractivity contribution >= 4 is 17.4 Å². The summed E-state index contributed by atoms with van der Waals surface area (Å²) in [6, 6.07) is 7.14. The van der Waals surface area contributed by atoms with Crippen LogP contribution in [-0.2, 0) is 4.79 Å². The molecule has 0 saturated heterocycles. The molecule has 0 heterocycles. The first-order valence-corrected chi connectivity index (χ1v) is 9.23. The van der Waals surface area contributed by atoms with Crippen molar-refractivity contribution in [1.29, 1.82) is 0 Å². The third kappa shape index (κ3) is 11.4. The van der Waals surface area contributed by atoms with E-state index in [-0.39, 0.29) is 43.3 Å². The van der Waals surface area contributed by atoms with E-state index in [1.54, 1.807) is 18.2 Å². The monoisotopic (exact) mass is 357 g/mol. The number of ketones is 1. The summed E-state index contributed by atoms with van der Waals surface area (Å²) in [7, 11) is 0. The average Bonchev–Trinajstić information content (AvgIpc) is 2.58. The summed E-state index contributed by atoms with van der Waals surface area (Å²) in [6.45, 7) is 2.05. The minimum absolute atomic E-state index is 0. The number of para-hydroxylation sites is 1. The number of unbranched alkanes of at least 4 members (excludes halogenated alkanes) is 8. The summed E-state index contributed by atoms with van der Waals surface area (Å²) in [5.41, 5.74) is 1.21. The first-order valence-electron chi connectivity index (χ1n) is 9.23. The van der Waals surface area contributed by atoms with Gasteiger partial charge >= 0.3 is 35.5 Å². The van der Waals surface area contributed by atoms with Gasteiger partial charge in [0.05, 0.1) is 0 Å². The van der Waals surface area contributed by atoms with Crippen LogP contribution in [0.25, 0.3) is 0 Å². The van der Waals surface area contributed by atoms with Gasteiger partial charge in [0.1, 0.15) is 6.54 Å². The first-order chi connectivity index (χ1) is 11.6. The molecule has 0 fully saturated rings. The minimum atomic E-state index is -0.934. The van der Waals surface area contributed by atoms with Crippen LogP contribution < -0.4 is 34.9 Å². The van der Waals surface area contributed by atoms with Crippen molar-refractivity contribution in [2.45, 2.75) is 71.1 Å². The zero-order valence-corrected chi connectivity index (χ0v) is 17.9. The van der Waals surface area contributed by atoms with E-state index in [0.29, 0.717) is 17.7 Å². The molecule has 1 rings (SSSR count). The molecule has 0 aromatic heterocycles. The normalized spacial score (nSPS) is 10.1. The average molecular weight is 357 g/mol. The largest absolute Gasteiger partial charge is 1.00 e. The fourth-order valence-corrected chi connectivity index (χ4v) is 2.78. The molecule has 0 radical (unpaired) electrons. The fraction of sp³-hybridized carbons (Fsp3) is 0.600. The number of benzene rings is 1. The number of Topliss-reactive ketones (excluding diaryl/α,β-unsaturated/α-hetero) is 1. The summed E-state index contributed by atoms with van der Waals surface area (Å²) in [4.78, 5) is 23.0. The Hall–Kier alpha value is -0.840. The van der Waals surface area contributed by atoms with Crippen molar-refractivity contribution in [2.75, 3.05) is 11.9 Å². The molecule has 0 unspecified atom stereocenters. The SMILES string of the molecule is CCCCCCCCCCCC(=O)c1ccccc1NCC(=O)O.[H-].[Na+]. The Morgan fingerprint density at radius 2 is 1.52 bits per heavy atom. The topological polar surface area (TPSA) is 66.4 Å². The quantitative estimate of drug-likeness (QED) is 0.305. The van der Waals surface area contributed by atoms with Crippen molar-refractivity contribution in [1.82, 2.24) is 0 Å². The molecule has 136 valence electrons. The van der Waals surface area contributed by atoms with Gasteiger partial charge in [-0.25, -0.2) is 0 Å². The van der Waals surface area contributed by atoms with E-state index >= 15 is 0 Å². The van der Waals surface area contributed by atoms with Crippen molar-refractivity contribution in [2.24, 2.45) is 0 Å². The number of carbonyl (C=O) groups is 2. The van der Waals surface area contributed by atoms with Crippen LogP contribution in [-0.4, -0.2) is 23.4 Å². The molecule has 4 nitrogen and oxygen atoms in total. The van der Waals surface area contributed by atoms with E-state index in [9.17, 15) is 9.59 Å². The number of aliphatic carboxylic acids is 1. The Bertz CT molecular complexity index is 512. The number of hydrogen-bond donors (Lipinski definition) is 2. The van der Waals surface area contributed by atoms with Crippen LogP contribution in [0.1, 0.15) is 82.9 Å².